The van der Waals surface area contributed by atoms with Crippen LogP contribution in [0, 0.1) is 0 Å². The summed E-state index contributed by atoms with van der Waals surface area (Å²) in [6.07, 6.45) is 0. The Kier molecular flexibility index (Phi) is 4.30. The number of hydrogen-bond donors (Lipinski definition) is 1. The van der Waals surface area contributed by atoms with Gasteiger partial charge in [-0.15, -0.1) is 0 Å². The van der Waals surface area contributed by atoms with Crippen molar-refractivity contribution in [1.29, 1.82) is 0 Å². The van der Waals surface area contributed by atoms with E-state index in [1.807, 2.05) is 55.3 Å². The SMILES string of the molecule is CC(c1cccc(Cl)c1)N(C)c1ccccc1C(=O)O. The molecule has 0 saturated carbocycles. The highest BCUT2D eigenvalue weighted by Gasteiger charge is 2.18. The molecule has 4 heteroatoms. The summed E-state index contributed by atoms with van der Waals surface area (Å²) in [5.74, 6) is -0.925. The van der Waals surface area contributed by atoms with Crippen LogP contribution >= 0.6 is 11.6 Å². The number of anilines is 1. The Hall–Kier alpha value is -2.00. The van der Waals surface area contributed by atoms with Gasteiger partial charge in [0.05, 0.1) is 17.3 Å². The Bertz CT molecular complexity index is 627. The minimum absolute atomic E-state index is 0.0224. The van der Waals surface area contributed by atoms with Gasteiger partial charge in [0.25, 0.3) is 0 Å². The van der Waals surface area contributed by atoms with Crippen molar-refractivity contribution < 1.29 is 9.90 Å². The van der Waals surface area contributed by atoms with Gasteiger partial charge >= 0.3 is 5.97 Å². The molecule has 2 rings (SSSR count). The van der Waals surface area contributed by atoms with Gasteiger partial charge < -0.3 is 10.0 Å². The number of aromatic carboxylic acids is 1. The van der Waals surface area contributed by atoms with Gasteiger partial charge in [-0.1, -0.05) is 35.9 Å². The number of benzene rings is 2. The number of rotatable bonds is 4. The lowest BCUT2D eigenvalue weighted by molar-refractivity contribution is 0.0697. The van der Waals surface area contributed by atoms with Gasteiger partial charge in [-0.05, 0) is 36.8 Å². The van der Waals surface area contributed by atoms with Crippen LogP contribution in [0.25, 0.3) is 0 Å². The molecule has 0 aromatic heterocycles. The molecule has 2 aromatic rings. The van der Waals surface area contributed by atoms with Crippen LogP contribution in [0.5, 0.6) is 0 Å². The summed E-state index contributed by atoms with van der Waals surface area (Å²) in [6, 6.07) is 14.6. The zero-order valence-corrected chi connectivity index (χ0v) is 12.1. The number of carboxylic acid groups (broad SMARTS) is 1. The van der Waals surface area contributed by atoms with Crippen LogP contribution in [0.4, 0.5) is 5.69 Å². The van der Waals surface area contributed by atoms with Crippen molar-refractivity contribution >= 4 is 23.3 Å². The molecule has 1 N–H and O–H groups in total. The first-order chi connectivity index (χ1) is 9.50. The van der Waals surface area contributed by atoms with Gasteiger partial charge in [0.15, 0.2) is 0 Å². The highest BCUT2D eigenvalue weighted by Crippen LogP contribution is 2.29. The molecule has 0 aliphatic carbocycles. The molecular weight excluding hydrogens is 274 g/mol. The van der Waals surface area contributed by atoms with E-state index >= 15 is 0 Å². The van der Waals surface area contributed by atoms with Gasteiger partial charge in [0, 0.05) is 12.1 Å². The summed E-state index contributed by atoms with van der Waals surface area (Å²) < 4.78 is 0. The van der Waals surface area contributed by atoms with Gasteiger partial charge in [0.1, 0.15) is 0 Å². The zero-order chi connectivity index (χ0) is 14.7. The molecule has 20 heavy (non-hydrogen) atoms. The molecule has 0 radical (unpaired) electrons. The van der Waals surface area contributed by atoms with E-state index < -0.39 is 5.97 Å². The van der Waals surface area contributed by atoms with Crippen molar-refractivity contribution in [3.63, 3.8) is 0 Å². The number of para-hydroxylation sites is 1. The number of nitrogens with zero attached hydrogens (tertiary/aromatic N) is 1. The summed E-state index contributed by atoms with van der Waals surface area (Å²) in [6.45, 7) is 2.02. The lowest BCUT2D eigenvalue weighted by atomic mass is 10.1. The van der Waals surface area contributed by atoms with Crippen LogP contribution in [0.3, 0.4) is 0 Å². The second kappa shape index (κ2) is 5.97. The first-order valence-corrected chi connectivity index (χ1v) is 6.69. The predicted molar refractivity (Wildman–Crippen MR) is 81.7 cm³/mol. The third-order valence-electron chi connectivity index (χ3n) is 3.43. The number of carbonyl (C=O) groups is 1. The summed E-state index contributed by atoms with van der Waals surface area (Å²) in [5, 5.41) is 9.94. The predicted octanol–water partition coefficient (Wildman–Crippen LogP) is 4.24. The maximum atomic E-state index is 11.3. The van der Waals surface area contributed by atoms with E-state index in [0.717, 1.165) is 5.56 Å². The smallest absolute Gasteiger partial charge is 0.337 e. The van der Waals surface area contributed by atoms with Crippen LogP contribution in [0.1, 0.15) is 28.9 Å². The van der Waals surface area contributed by atoms with Crippen LogP contribution in [-0.4, -0.2) is 18.1 Å². The van der Waals surface area contributed by atoms with E-state index in [4.69, 9.17) is 11.6 Å². The molecule has 2 aromatic carbocycles. The topological polar surface area (TPSA) is 40.5 Å². The summed E-state index contributed by atoms with van der Waals surface area (Å²) in [5.41, 5.74) is 2.02. The lowest BCUT2D eigenvalue weighted by Crippen LogP contribution is -2.23. The Morgan fingerprint density at radius 1 is 1.20 bits per heavy atom. The summed E-state index contributed by atoms with van der Waals surface area (Å²) >= 11 is 6.01. The minimum Gasteiger partial charge on any atom is -0.478 e. The fraction of sp³-hybridized carbons (Fsp3) is 0.188. The highest BCUT2D eigenvalue weighted by atomic mass is 35.5. The molecule has 1 atom stereocenters. The molecule has 104 valence electrons. The van der Waals surface area contributed by atoms with Crippen molar-refractivity contribution in [2.75, 3.05) is 11.9 Å². The van der Waals surface area contributed by atoms with E-state index in [9.17, 15) is 9.90 Å². The number of carboxylic acids is 1. The van der Waals surface area contributed by atoms with Crippen molar-refractivity contribution in [1.82, 2.24) is 0 Å². The Morgan fingerprint density at radius 3 is 2.55 bits per heavy atom. The number of halogens is 1. The molecule has 0 heterocycles. The average Bonchev–Trinajstić information content (AvgIpc) is 2.45. The van der Waals surface area contributed by atoms with Gasteiger partial charge in [-0.25, -0.2) is 4.79 Å². The summed E-state index contributed by atoms with van der Waals surface area (Å²) in [4.78, 5) is 13.2. The minimum atomic E-state index is -0.925. The average molecular weight is 290 g/mol. The van der Waals surface area contributed by atoms with Gasteiger partial charge in [-0.2, -0.15) is 0 Å². The van der Waals surface area contributed by atoms with Crippen molar-refractivity contribution in [2.24, 2.45) is 0 Å². The van der Waals surface area contributed by atoms with Crippen molar-refractivity contribution in [3.8, 4) is 0 Å². The first kappa shape index (κ1) is 14.4. The van der Waals surface area contributed by atoms with E-state index in [1.165, 1.54) is 0 Å². The molecule has 0 aliphatic rings. The Morgan fingerprint density at radius 2 is 1.90 bits per heavy atom. The second-order valence-corrected chi connectivity index (χ2v) is 5.10. The van der Waals surface area contributed by atoms with E-state index in [2.05, 4.69) is 0 Å². The van der Waals surface area contributed by atoms with Gasteiger partial charge in [0.2, 0.25) is 0 Å². The van der Waals surface area contributed by atoms with Crippen molar-refractivity contribution in [3.05, 3.63) is 64.7 Å². The fourth-order valence-electron chi connectivity index (χ4n) is 2.16. The molecular formula is C16H16ClNO2. The van der Waals surface area contributed by atoms with Crippen LogP contribution < -0.4 is 4.90 Å². The molecule has 0 saturated heterocycles. The van der Waals surface area contributed by atoms with Crippen molar-refractivity contribution in [2.45, 2.75) is 13.0 Å². The largest absolute Gasteiger partial charge is 0.478 e. The third-order valence-corrected chi connectivity index (χ3v) is 3.66. The fourth-order valence-corrected chi connectivity index (χ4v) is 2.36. The second-order valence-electron chi connectivity index (χ2n) is 4.66. The van der Waals surface area contributed by atoms with E-state index in [1.54, 1.807) is 12.1 Å². The standard InChI is InChI=1S/C16H16ClNO2/c1-11(12-6-5-7-13(17)10-12)18(2)15-9-4-3-8-14(15)16(19)20/h3-11H,1-2H3,(H,19,20). The van der Waals surface area contributed by atoms with E-state index in [-0.39, 0.29) is 6.04 Å². The van der Waals surface area contributed by atoms with E-state index in [0.29, 0.717) is 16.3 Å². The van der Waals surface area contributed by atoms with Gasteiger partial charge in [-0.3, -0.25) is 0 Å². The van der Waals surface area contributed by atoms with Crippen LogP contribution in [0.15, 0.2) is 48.5 Å². The molecule has 0 bridgehead atoms. The molecule has 0 amide bonds. The molecule has 0 fully saturated rings. The van der Waals surface area contributed by atoms with Crippen LogP contribution in [0.2, 0.25) is 5.02 Å². The molecule has 1 unspecified atom stereocenters. The number of hydrogen-bond acceptors (Lipinski definition) is 2. The monoisotopic (exact) mass is 289 g/mol. The highest BCUT2D eigenvalue weighted by molar-refractivity contribution is 6.30. The maximum Gasteiger partial charge on any atom is 0.337 e. The Labute approximate surface area is 123 Å². The maximum absolute atomic E-state index is 11.3. The normalized spacial score (nSPS) is 11.9. The first-order valence-electron chi connectivity index (χ1n) is 6.31. The quantitative estimate of drug-likeness (QED) is 0.915. The zero-order valence-electron chi connectivity index (χ0n) is 11.4. The molecule has 3 nitrogen and oxygen atoms in total. The molecule has 0 spiro atoms. The third kappa shape index (κ3) is 2.94. The molecule has 0 aliphatic heterocycles. The Balaban J connectivity index is 2.36. The lowest BCUT2D eigenvalue weighted by Gasteiger charge is -2.28. The van der Waals surface area contributed by atoms with Crippen LogP contribution in [-0.2, 0) is 0 Å². The summed E-state index contributed by atoms with van der Waals surface area (Å²) in [7, 11) is 1.88.